The van der Waals surface area contributed by atoms with Gasteiger partial charge in [-0.1, -0.05) is 27.7 Å². The summed E-state index contributed by atoms with van der Waals surface area (Å²) >= 11 is 0. The highest BCUT2D eigenvalue weighted by Gasteiger charge is 2.21. The van der Waals surface area contributed by atoms with E-state index < -0.39 is 17.9 Å². The Kier molecular flexibility index (Phi) is 7.79. The van der Waals surface area contributed by atoms with Crippen molar-refractivity contribution < 1.29 is 19.5 Å². The largest absolute Gasteiger partial charge is 0.480 e. The van der Waals surface area contributed by atoms with E-state index in [-0.39, 0.29) is 24.3 Å². The van der Waals surface area contributed by atoms with E-state index in [0.29, 0.717) is 12.8 Å². The van der Waals surface area contributed by atoms with Crippen molar-refractivity contribution in [2.24, 2.45) is 11.8 Å². The van der Waals surface area contributed by atoms with E-state index in [1.165, 1.54) is 0 Å². The van der Waals surface area contributed by atoms with Crippen molar-refractivity contribution in [1.82, 2.24) is 10.6 Å². The Hall–Kier alpha value is -1.59. The van der Waals surface area contributed by atoms with E-state index >= 15 is 0 Å². The molecule has 0 aliphatic heterocycles. The quantitative estimate of drug-likeness (QED) is 0.608. The predicted molar refractivity (Wildman–Crippen MR) is 71.5 cm³/mol. The summed E-state index contributed by atoms with van der Waals surface area (Å²) < 4.78 is 0. The molecule has 0 saturated heterocycles. The number of carboxylic acids is 1. The van der Waals surface area contributed by atoms with Crippen LogP contribution in [0.2, 0.25) is 0 Å². The summed E-state index contributed by atoms with van der Waals surface area (Å²) in [7, 11) is 0. The Morgan fingerprint density at radius 3 is 2.16 bits per heavy atom. The highest BCUT2D eigenvalue weighted by Crippen LogP contribution is 2.04. The molecule has 3 N–H and O–H groups in total. The van der Waals surface area contributed by atoms with Gasteiger partial charge in [0, 0.05) is 5.92 Å². The number of hydrogen-bond acceptors (Lipinski definition) is 3. The van der Waals surface area contributed by atoms with Crippen molar-refractivity contribution in [3.05, 3.63) is 0 Å². The Morgan fingerprint density at radius 1 is 1.16 bits per heavy atom. The minimum atomic E-state index is -1.06. The van der Waals surface area contributed by atoms with E-state index in [4.69, 9.17) is 5.11 Å². The molecule has 0 saturated carbocycles. The Labute approximate surface area is 113 Å². The summed E-state index contributed by atoms with van der Waals surface area (Å²) in [6, 6.07) is -0.909. The molecule has 0 bridgehead atoms. The van der Waals surface area contributed by atoms with Gasteiger partial charge in [0.25, 0.3) is 0 Å². The number of aliphatic carboxylic acids is 1. The normalized spacial score (nSPS) is 13.7. The highest BCUT2D eigenvalue weighted by atomic mass is 16.4. The molecule has 0 heterocycles. The molecule has 0 spiro atoms. The smallest absolute Gasteiger partial charge is 0.326 e. The predicted octanol–water partition coefficient (Wildman–Crippen LogP) is 0.764. The lowest BCUT2D eigenvalue weighted by molar-refractivity contribution is -0.142. The number of nitrogens with one attached hydrogen (secondary N) is 2. The third kappa shape index (κ3) is 7.43. The Balaban J connectivity index is 4.20. The van der Waals surface area contributed by atoms with E-state index in [2.05, 4.69) is 10.6 Å². The summed E-state index contributed by atoms with van der Waals surface area (Å²) in [5, 5.41) is 13.9. The molecule has 2 atom stereocenters. The molecule has 19 heavy (non-hydrogen) atoms. The van der Waals surface area contributed by atoms with Gasteiger partial charge < -0.3 is 15.7 Å². The number of rotatable bonds is 8. The highest BCUT2D eigenvalue weighted by molar-refractivity contribution is 5.88. The van der Waals surface area contributed by atoms with Crippen LogP contribution in [0.5, 0.6) is 0 Å². The van der Waals surface area contributed by atoms with Crippen molar-refractivity contribution in [1.29, 1.82) is 0 Å². The van der Waals surface area contributed by atoms with Crippen LogP contribution in [0.15, 0.2) is 0 Å². The van der Waals surface area contributed by atoms with E-state index in [1.807, 2.05) is 20.8 Å². The standard InChI is InChI=1S/C13H24N2O4/c1-5-9(4)12(17)14-7-11(16)15-10(13(18)19)6-8(2)3/h8-10H,5-7H2,1-4H3,(H,14,17)(H,15,16)(H,18,19)/t9?,10-/m0/s1. The fourth-order valence-electron chi connectivity index (χ4n) is 1.47. The second kappa shape index (κ2) is 8.50. The molecule has 1 unspecified atom stereocenters. The topological polar surface area (TPSA) is 95.5 Å². The average Bonchev–Trinajstić information content (AvgIpc) is 2.33. The molecule has 0 radical (unpaired) electrons. The van der Waals surface area contributed by atoms with E-state index in [9.17, 15) is 14.4 Å². The maximum Gasteiger partial charge on any atom is 0.326 e. The molecule has 0 aromatic carbocycles. The zero-order chi connectivity index (χ0) is 15.0. The van der Waals surface area contributed by atoms with Crippen LogP contribution in [0, 0.1) is 11.8 Å². The third-order valence-corrected chi connectivity index (χ3v) is 2.82. The Bertz CT molecular complexity index is 329. The molecule has 2 amide bonds. The van der Waals surface area contributed by atoms with Crippen LogP contribution in [-0.4, -0.2) is 35.5 Å². The van der Waals surface area contributed by atoms with Gasteiger partial charge in [-0.3, -0.25) is 9.59 Å². The molecular weight excluding hydrogens is 248 g/mol. The first-order valence-corrected chi connectivity index (χ1v) is 6.57. The minimum absolute atomic E-state index is 0.154. The van der Waals surface area contributed by atoms with Crippen LogP contribution in [0.3, 0.4) is 0 Å². The van der Waals surface area contributed by atoms with Gasteiger partial charge in [0.1, 0.15) is 6.04 Å². The van der Waals surface area contributed by atoms with Crippen LogP contribution in [-0.2, 0) is 14.4 Å². The summed E-state index contributed by atoms with van der Waals surface area (Å²) in [4.78, 5) is 34.0. The van der Waals surface area contributed by atoms with Crippen molar-refractivity contribution in [2.45, 2.75) is 46.6 Å². The lowest BCUT2D eigenvalue weighted by atomic mass is 10.0. The zero-order valence-corrected chi connectivity index (χ0v) is 12.0. The number of carboxylic acid groups (broad SMARTS) is 1. The van der Waals surface area contributed by atoms with Crippen molar-refractivity contribution in [3.63, 3.8) is 0 Å². The van der Waals surface area contributed by atoms with Crippen molar-refractivity contribution in [2.75, 3.05) is 6.54 Å². The maximum atomic E-state index is 11.6. The molecule has 0 aliphatic rings. The summed E-state index contributed by atoms with van der Waals surface area (Å²) in [5.41, 5.74) is 0. The summed E-state index contributed by atoms with van der Waals surface area (Å²) in [6.07, 6.45) is 1.05. The van der Waals surface area contributed by atoms with Crippen molar-refractivity contribution in [3.8, 4) is 0 Å². The van der Waals surface area contributed by atoms with E-state index in [0.717, 1.165) is 0 Å². The van der Waals surface area contributed by atoms with Gasteiger partial charge in [0.05, 0.1) is 6.54 Å². The third-order valence-electron chi connectivity index (χ3n) is 2.82. The minimum Gasteiger partial charge on any atom is -0.480 e. The molecule has 0 fully saturated rings. The monoisotopic (exact) mass is 272 g/mol. The lowest BCUT2D eigenvalue weighted by Crippen LogP contribution is -2.46. The molecular formula is C13H24N2O4. The zero-order valence-electron chi connectivity index (χ0n) is 12.0. The number of carbonyl (C=O) groups is 3. The van der Waals surface area contributed by atoms with Gasteiger partial charge in [-0.05, 0) is 18.8 Å². The van der Waals surface area contributed by atoms with E-state index in [1.54, 1.807) is 6.92 Å². The molecule has 0 aliphatic carbocycles. The van der Waals surface area contributed by atoms with Crippen LogP contribution >= 0.6 is 0 Å². The molecule has 6 heteroatoms. The van der Waals surface area contributed by atoms with Gasteiger partial charge >= 0.3 is 5.97 Å². The van der Waals surface area contributed by atoms with Crippen LogP contribution in [0.25, 0.3) is 0 Å². The van der Waals surface area contributed by atoms with Gasteiger partial charge in [-0.25, -0.2) is 4.79 Å². The Morgan fingerprint density at radius 2 is 1.74 bits per heavy atom. The van der Waals surface area contributed by atoms with Crippen LogP contribution in [0.4, 0.5) is 0 Å². The number of hydrogen-bond donors (Lipinski definition) is 3. The molecule has 0 aromatic rings. The molecule has 110 valence electrons. The van der Waals surface area contributed by atoms with Gasteiger partial charge in [-0.2, -0.15) is 0 Å². The second-order valence-electron chi connectivity index (χ2n) is 5.11. The number of amides is 2. The average molecular weight is 272 g/mol. The lowest BCUT2D eigenvalue weighted by Gasteiger charge is -2.17. The SMILES string of the molecule is CCC(C)C(=O)NCC(=O)N[C@@H](CC(C)C)C(=O)O. The summed E-state index contributed by atoms with van der Waals surface area (Å²) in [6.45, 7) is 7.23. The van der Waals surface area contributed by atoms with Crippen molar-refractivity contribution >= 4 is 17.8 Å². The molecule has 6 nitrogen and oxygen atoms in total. The van der Waals surface area contributed by atoms with Crippen LogP contribution in [0.1, 0.15) is 40.5 Å². The first-order valence-electron chi connectivity index (χ1n) is 6.57. The molecule has 0 aromatic heterocycles. The second-order valence-corrected chi connectivity index (χ2v) is 5.11. The first kappa shape index (κ1) is 17.4. The fraction of sp³-hybridized carbons (Fsp3) is 0.769. The first-order chi connectivity index (χ1) is 8.77. The van der Waals surface area contributed by atoms with Gasteiger partial charge in [0.15, 0.2) is 0 Å². The number of carbonyl (C=O) groups excluding carboxylic acids is 2. The summed E-state index contributed by atoms with van der Waals surface area (Å²) in [5.74, 6) is -1.73. The van der Waals surface area contributed by atoms with Gasteiger partial charge in [0.2, 0.25) is 11.8 Å². The molecule has 0 rings (SSSR count). The van der Waals surface area contributed by atoms with Gasteiger partial charge in [-0.15, -0.1) is 0 Å². The maximum absolute atomic E-state index is 11.6. The van der Waals surface area contributed by atoms with Crippen LogP contribution < -0.4 is 10.6 Å². The fourth-order valence-corrected chi connectivity index (χ4v) is 1.47.